The second kappa shape index (κ2) is 3.01. The van der Waals surface area contributed by atoms with Gasteiger partial charge >= 0.3 is 0 Å². The molecule has 0 saturated heterocycles. The van der Waals surface area contributed by atoms with E-state index in [1.165, 1.54) is 13.3 Å². The van der Waals surface area contributed by atoms with Crippen molar-refractivity contribution in [1.82, 2.24) is 4.98 Å². The average molecular weight is 150 g/mol. The number of nitrogens with one attached hydrogen (secondary N) is 1. The summed E-state index contributed by atoms with van der Waals surface area (Å²) in [5.41, 5.74) is 5.48. The van der Waals surface area contributed by atoms with Crippen LogP contribution in [-0.4, -0.2) is 17.9 Å². The van der Waals surface area contributed by atoms with Gasteiger partial charge in [-0.05, 0) is 6.07 Å². The highest BCUT2D eigenvalue weighted by molar-refractivity contribution is 5.92. The summed E-state index contributed by atoms with van der Waals surface area (Å²) in [7, 11) is 1.52. The Bertz CT molecular complexity index is 272. The zero-order chi connectivity index (χ0) is 8.27. The first kappa shape index (κ1) is 7.53. The molecule has 0 aliphatic rings. The van der Waals surface area contributed by atoms with Gasteiger partial charge in [0.2, 0.25) is 0 Å². The van der Waals surface area contributed by atoms with Gasteiger partial charge in [-0.2, -0.15) is 0 Å². The zero-order valence-electron chi connectivity index (χ0n) is 6.09. The number of methoxy groups -OCH3 is 1. The number of aromatic nitrogens is 1. The number of rotatable bonds is 2. The fraction of sp³-hybridized carbons (Fsp3) is 0.143. The third-order valence-corrected chi connectivity index (χ3v) is 1.15. The second-order valence-electron chi connectivity index (χ2n) is 1.90. The molecule has 0 aromatic carbocycles. The fourth-order valence-corrected chi connectivity index (χ4v) is 0.626. The lowest BCUT2D eigenvalue weighted by atomic mass is 10.3. The van der Waals surface area contributed by atoms with Crippen molar-refractivity contribution in [1.29, 1.82) is 5.41 Å². The topological polar surface area (TPSA) is 72.0 Å². The molecule has 0 fully saturated rings. The third kappa shape index (κ3) is 1.67. The van der Waals surface area contributed by atoms with Crippen LogP contribution in [0.5, 0.6) is 5.75 Å². The number of ether oxygens (including phenoxy) is 1. The van der Waals surface area contributed by atoms with Gasteiger partial charge in [0.05, 0.1) is 13.2 Å². The molecule has 0 spiro atoms. The van der Waals surface area contributed by atoms with Gasteiger partial charge in [-0.3, -0.25) is 10.4 Å². The third-order valence-electron chi connectivity index (χ3n) is 1.15. The minimum absolute atomic E-state index is 0.107. The molecule has 0 aliphatic heterocycles. The Labute approximate surface area is 64.5 Å². The predicted octanol–water partition coefficient (Wildman–Crippen LogP) is 0.174. The molecule has 4 heteroatoms. The summed E-state index contributed by atoms with van der Waals surface area (Å²) < 4.78 is 4.86. The molecule has 1 aromatic rings. The Morgan fingerprint density at radius 3 is 3.09 bits per heavy atom. The van der Waals surface area contributed by atoms with E-state index in [0.29, 0.717) is 11.4 Å². The summed E-state index contributed by atoms with van der Waals surface area (Å²) in [5.74, 6) is 0.425. The first-order valence-electron chi connectivity index (χ1n) is 3.00. The minimum atomic E-state index is -0.107. The van der Waals surface area contributed by atoms with Crippen LogP contribution in [0.3, 0.4) is 0 Å². The summed E-state index contributed by atoms with van der Waals surface area (Å²) in [4.78, 5) is 3.80. The maximum atomic E-state index is 7.04. The molecule has 1 radical (unpaired) electrons. The molecular weight excluding hydrogens is 142 g/mol. The first-order chi connectivity index (χ1) is 5.24. The van der Waals surface area contributed by atoms with Crippen molar-refractivity contribution in [2.24, 2.45) is 5.73 Å². The van der Waals surface area contributed by atoms with Gasteiger partial charge in [-0.25, -0.2) is 0 Å². The van der Waals surface area contributed by atoms with E-state index in [-0.39, 0.29) is 5.84 Å². The molecule has 4 nitrogen and oxygen atoms in total. The first-order valence-corrected chi connectivity index (χ1v) is 3.00. The molecule has 0 unspecified atom stereocenters. The number of nitrogens with two attached hydrogens (primary N) is 1. The molecule has 3 N–H and O–H groups in total. The summed E-state index contributed by atoms with van der Waals surface area (Å²) in [6.07, 6.45) is 1.52. The highest BCUT2D eigenvalue weighted by Gasteiger charge is 1.99. The fourth-order valence-electron chi connectivity index (χ4n) is 0.626. The van der Waals surface area contributed by atoms with Crippen molar-refractivity contribution >= 4 is 5.84 Å². The lowest BCUT2D eigenvalue weighted by molar-refractivity contribution is 0.413. The van der Waals surface area contributed by atoms with E-state index in [0.717, 1.165) is 0 Å². The van der Waals surface area contributed by atoms with Crippen LogP contribution in [-0.2, 0) is 0 Å². The standard InChI is InChI=1S/C7H8N3O/c1-11-5-2-3-10-6(4-5)7(8)9/h2-3H,1H3,(H3,8,9). The van der Waals surface area contributed by atoms with E-state index >= 15 is 0 Å². The predicted molar refractivity (Wildman–Crippen MR) is 40.6 cm³/mol. The van der Waals surface area contributed by atoms with Gasteiger partial charge in [0, 0.05) is 6.20 Å². The average Bonchev–Trinajstić information content (AvgIpc) is 2.05. The number of nitrogen functional groups attached to an aromatic ring is 1. The molecule has 0 atom stereocenters. The molecule has 57 valence electrons. The monoisotopic (exact) mass is 150 g/mol. The largest absolute Gasteiger partial charge is 0.496 e. The Morgan fingerprint density at radius 2 is 2.55 bits per heavy atom. The minimum Gasteiger partial charge on any atom is -0.496 e. The summed E-state index contributed by atoms with van der Waals surface area (Å²) >= 11 is 0. The van der Waals surface area contributed by atoms with Gasteiger partial charge < -0.3 is 10.5 Å². The molecule has 0 amide bonds. The van der Waals surface area contributed by atoms with E-state index in [2.05, 4.69) is 11.1 Å². The molecule has 0 bridgehead atoms. The van der Waals surface area contributed by atoms with Gasteiger partial charge in [0.15, 0.2) is 0 Å². The van der Waals surface area contributed by atoms with Crippen LogP contribution < -0.4 is 10.5 Å². The van der Waals surface area contributed by atoms with E-state index in [4.69, 9.17) is 15.9 Å². The van der Waals surface area contributed by atoms with E-state index in [1.54, 1.807) is 6.07 Å². The molecule has 11 heavy (non-hydrogen) atoms. The van der Waals surface area contributed by atoms with Gasteiger partial charge in [-0.1, -0.05) is 0 Å². The van der Waals surface area contributed by atoms with Crippen molar-refractivity contribution < 1.29 is 4.74 Å². The van der Waals surface area contributed by atoms with Crippen molar-refractivity contribution in [2.75, 3.05) is 7.11 Å². The highest BCUT2D eigenvalue weighted by Crippen LogP contribution is 2.07. The second-order valence-corrected chi connectivity index (χ2v) is 1.90. The van der Waals surface area contributed by atoms with Crippen LogP contribution in [0.15, 0.2) is 12.3 Å². The van der Waals surface area contributed by atoms with Crippen molar-refractivity contribution in [3.63, 3.8) is 0 Å². The number of amidine groups is 1. The maximum Gasteiger partial charge on any atom is 0.142 e. The van der Waals surface area contributed by atoms with E-state index in [9.17, 15) is 0 Å². The number of nitrogens with zero attached hydrogens (tertiary/aromatic N) is 1. The Morgan fingerprint density at radius 1 is 1.82 bits per heavy atom. The zero-order valence-corrected chi connectivity index (χ0v) is 6.09. The summed E-state index contributed by atoms with van der Waals surface area (Å²) in [5, 5.41) is 7.04. The SMILES string of the molecule is COc1[c]c(C(=N)N)ncc1. The van der Waals surface area contributed by atoms with Crippen LogP contribution in [0.1, 0.15) is 5.69 Å². The highest BCUT2D eigenvalue weighted by atomic mass is 16.5. The maximum absolute atomic E-state index is 7.04. The van der Waals surface area contributed by atoms with Crippen LogP contribution in [0, 0.1) is 11.5 Å². The van der Waals surface area contributed by atoms with E-state index < -0.39 is 0 Å². The number of hydrogen-bond donors (Lipinski definition) is 2. The molecule has 0 aliphatic carbocycles. The molecule has 0 saturated carbocycles. The summed E-state index contributed by atoms with van der Waals surface area (Å²) in [6, 6.07) is 4.36. The Balaban J connectivity index is 3.01. The summed E-state index contributed by atoms with van der Waals surface area (Å²) in [6.45, 7) is 0. The molecule has 1 heterocycles. The molecule has 1 rings (SSSR count). The van der Waals surface area contributed by atoms with Crippen LogP contribution in [0.25, 0.3) is 0 Å². The van der Waals surface area contributed by atoms with Gasteiger partial charge in [0.25, 0.3) is 0 Å². The lowest BCUT2D eigenvalue weighted by Gasteiger charge is -1.99. The van der Waals surface area contributed by atoms with Crippen LogP contribution in [0.2, 0.25) is 0 Å². The smallest absolute Gasteiger partial charge is 0.142 e. The normalized spacial score (nSPS) is 9.18. The Kier molecular flexibility index (Phi) is 2.06. The van der Waals surface area contributed by atoms with Crippen molar-refractivity contribution in [2.45, 2.75) is 0 Å². The van der Waals surface area contributed by atoms with Crippen molar-refractivity contribution in [3.8, 4) is 5.75 Å². The van der Waals surface area contributed by atoms with Crippen LogP contribution >= 0.6 is 0 Å². The lowest BCUT2D eigenvalue weighted by Crippen LogP contribution is -2.13. The molecular formula is C7H8N3O. The molecule has 1 aromatic heterocycles. The van der Waals surface area contributed by atoms with Crippen LogP contribution in [0.4, 0.5) is 0 Å². The van der Waals surface area contributed by atoms with Gasteiger partial charge in [0.1, 0.15) is 17.3 Å². The quantitative estimate of drug-likeness (QED) is 0.466. The Hall–Kier alpha value is -1.58. The van der Waals surface area contributed by atoms with Crippen molar-refractivity contribution in [3.05, 3.63) is 24.0 Å². The number of hydrogen-bond acceptors (Lipinski definition) is 3. The van der Waals surface area contributed by atoms with Gasteiger partial charge in [-0.15, -0.1) is 0 Å². The number of pyridine rings is 1. The van der Waals surface area contributed by atoms with E-state index in [1.807, 2.05) is 0 Å².